The van der Waals surface area contributed by atoms with Gasteiger partial charge in [0.25, 0.3) is 0 Å². The molecule has 0 N–H and O–H groups in total. The zero-order valence-electron chi connectivity index (χ0n) is 5.22. The summed E-state index contributed by atoms with van der Waals surface area (Å²) in [5.41, 5.74) is 0. The highest BCUT2D eigenvalue weighted by Crippen LogP contribution is 1.91. The standard InChI is InChI=1S/C7H10O/c1-7(2)5-3-4-6-8/h3-5,7H,1-2H3/b5-3-. The smallest absolute Gasteiger partial charge is 0.124 e. The molecule has 0 aromatic heterocycles. The van der Waals surface area contributed by atoms with E-state index in [0.29, 0.717) is 5.92 Å². The van der Waals surface area contributed by atoms with Crippen molar-refractivity contribution in [3.8, 4) is 0 Å². The fourth-order valence-corrected chi connectivity index (χ4v) is 0.317. The highest BCUT2D eigenvalue weighted by Gasteiger charge is 1.78. The number of hydrogen-bond donors (Lipinski definition) is 0. The van der Waals surface area contributed by atoms with Gasteiger partial charge in [-0.2, -0.15) is 0 Å². The molecule has 44 valence electrons. The SMILES string of the molecule is CC(C)/C=C\C=C=O. The molecule has 8 heavy (non-hydrogen) atoms. The van der Waals surface area contributed by atoms with Crippen LogP contribution in [0.1, 0.15) is 13.8 Å². The van der Waals surface area contributed by atoms with E-state index in [9.17, 15) is 4.79 Å². The average Bonchev–Trinajstić information content (AvgIpc) is 1.66. The van der Waals surface area contributed by atoms with Crippen molar-refractivity contribution in [3.05, 3.63) is 18.2 Å². The van der Waals surface area contributed by atoms with Gasteiger partial charge in [-0.3, -0.25) is 0 Å². The summed E-state index contributed by atoms with van der Waals surface area (Å²) >= 11 is 0. The number of allylic oxidation sites excluding steroid dienone is 3. The first-order valence-electron chi connectivity index (χ1n) is 2.65. The quantitative estimate of drug-likeness (QED) is 0.389. The fraction of sp³-hybridized carbons (Fsp3) is 0.429. The van der Waals surface area contributed by atoms with Crippen molar-refractivity contribution in [2.24, 2.45) is 5.92 Å². The predicted molar refractivity (Wildman–Crippen MR) is 34.2 cm³/mol. The van der Waals surface area contributed by atoms with Crippen molar-refractivity contribution >= 4 is 5.94 Å². The third kappa shape index (κ3) is 5.19. The van der Waals surface area contributed by atoms with E-state index in [2.05, 4.69) is 13.8 Å². The van der Waals surface area contributed by atoms with Gasteiger partial charge in [-0.05, 0) is 5.92 Å². The van der Waals surface area contributed by atoms with Crippen LogP contribution in [0.5, 0.6) is 0 Å². The molecule has 0 atom stereocenters. The summed E-state index contributed by atoms with van der Waals surface area (Å²) in [4.78, 5) is 9.55. The maximum Gasteiger partial charge on any atom is 0.124 e. The minimum atomic E-state index is 0.514. The van der Waals surface area contributed by atoms with Gasteiger partial charge >= 0.3 is 0 Å². The summed E-state index contributed by atoms with van der Waals surface area (Å²) in [7, 11) is 0. The molecule has 0 aliphatic rings. The van der Waals surface area contributed by atoms with Crippen LogP contribution in [-0.4, -0.2) is 5.94 Å². The normalized spacial score (nSPS) is 9.88. The Kier molecular flexibility index (Phi) is 3.91. The molecule has 0 amide bonds. The van der Waals surface area contributed by atoms with Gasteiger partial charge in [0, 0.05) is 6.08 Å². The van der Waals surface area contributed by atoms with E-state index >= 15 is 0 Å². The van der Waals surface area contributed by atoms with E-state index in [-0.39, 0.29) is 0 Å². The topological polar surface area (TPSA) is 17.1 Å². The van der Waals surface area contributed by atoms with Crippen LogP contribution in [-0.2, 0) is 4.79 Å². The maximum atomic E-state index is 9.55. The molecule has 0 saturated heterocycles. The van der Waals surface area contributed by atoms with Crippen molar-refractivity contribution in [2.75, 3.05) is 0 Å². The molecule has 0 bridgehead atoms. The van der Waals surface area contributed by atoms with Crippen LogP contribution in [0.15, 0.2) is 18.2 Å². The number of hydrogen-bond acceptors (Lipinski definition) is 1. The summed E-state index contributed by atoms with van der Waals surface area (Å²) in [6.07, 6.45) is 5.00. The fourth-order valence-electron chi connectivity index (χ4n) is 0.317. The van der Waals surface area contributed by atoms with Crippen LogP contribution in [0.3, 0.4) is 0 Å². The van der Waals surface area contributed by atoms with E-state index in [1.54, 1.807) is 12.0 Å². The Morgan fingerprint density at radius 2 is 2.12 bits per heavy atom. The molecular formula is C7H10O. The molecule has 0 aromatic carbocycles. The monoisotopic (exact) mass is 110 g/mol. The van der Waals surface area contributed by atoms with Crippen molar-refractivity contribution in [2.45, 2.75) is 13.8 Å². The summed E-state index contributed by atoms with van der Waals surface area (Å²) < 4.78 is 0. The first-order valence-corrected chi connectivity index (χ1v) is 2.65. The predicted octanol–water partition coefficient (Wildman–Crippen LogP) is 1.59. The van der Waals surface area contributed by atoms with Crippen LogP contribution in [0.4, 0.5) is 0 Å². The first-order chi connectivity index (χ1) is 3.77. The number of carbonyl (C=O) groups excluding carboxylic acids is 1. The molecule has 0 spiro atoms. The summed E-state index contributed by atoms with van der Waals surface area (Å²) in [6.45, 7) is 4.10. The van der Waals surface area contributed by atoms with E-state index in [1.807, 2.05) is 6.08 Å². The lowest BCUT2D eigenvalue weighted by molar-refractivity contribution is 0.569. The van der Waals surface area contributed by atoms with Crippen LogP contribution in [0.25, 0.3) is 0 Å². The molecule has 0 unspecified atom stereocenters. The molecule has 0 aliphatic carbocycles. The van der Waals surface area contributed by atoms with E-state index < -0.39 is 0 Å². The second-order valence-electron chi connectivity index (χ2n) is 1.91. The lowest BCUT2D eigenvalue weighted by atomic mass is 10.2. The van der Waals surface area contributed by atoms with Gasteiger partial charge in [-0.15, -0.1) is 0 Å². The van der Waals surface area contributed by atoms with E-state index in [4.69, 9.17) is 0 Å². The zero-order valence-corrected chi connectivity index (χ0v) is 5.22. The van der Waals surface area contributed by atoms with Crippen LogP contribution < -0.4 is 0 Å². The van der Waals surface area contributed by atoms with Gasteiger partial charge < -0.3 is 0 Å². The van der Waals surface area contributed by atoms with E-state index in [0.717, 1.165) is 0 Å². The molecule has 0 aliphatic heterocycles. The summed E-state index contributed by atoms with van der Waals surface area (Å²) in [5, 5.41) is 0. The molecule has 1 heteroatoms. The lowest BCUT2D eigenvalue weighted by Gasteiger charge is -1.87. The Bertz CT molecular complexity index is 116. The number of rotatable bonds is 2. The minimum Gasteiger partial charge on any atom is -0.234 e. The largest absolute Gasteiger partial charge is 0.234 e. The van der Waals surface area contributed by atoms with Crippen molar-refractivity contribution in [1.29, 1.82) is 0 Å². The van der Waals surface area contributed by atoms with Gasteiger partial charge in [0.05, 0.1) is 0 Å². The van der Waals surface area contributed by atoms with Crippen molar-refractivity contribution < 1.29 is 4.79 Å². The zero-order chi connectivity index (χ0) is 6.41. The highest BCUT2D eigenvalue weighted by molar-refractivity contribution is 5.48. The van der Waals surface area contributed by atoms with Gasteiger partial charge in [-0.25, -0.2) is 4.79 Å². The molecular weight excluding hydrogens is 100 g/mol. The molecule has 0 aromatic rings. The van der Waals surface area contributed by atoms with Crippen molar-refractivity contribution in [3.63, 3.8) is 0 Å². The van der Waals surface area contributed by atoms with Gasteiger partial charge in [0.2, 0.25) is 0 Å². The van der Waals surface area contributed by atoms with Gasteiger partial charge in [-0.1, -0.05) is 26.0 Å². The third-order valence-electron chi connectivity index (χ3n) is 0.660. The molecule has 0 fully saturated rings. The van der Waals surface area contributed by atoms with Gasteiger partial charge in [0.15, 0.2) is 0 Å². The van der Waals surface area contributed by atoms with Crippen LogP contribution in [0.2, 0.25) is 0 Å². The average molecular weight is 110 g/mol. The molecule has 0 saturated carbocycles. The summed E-state index contributed by atoms with van der Waals surface area (Å²) in [5.74, 6) is 2.17. The minimum absolute atomic E-state index is 0.514. The molecule has 0 heterocycles. The molecule has 0 rings (SSSR count). The highest BCUT2D eigenvalue weighted by atomic mass is 16.1. The lowest BCUT2D eigenvalue weighted by Crippen LogP contribution is -1.74. The Morgan fingerprint density at radius 3 is 2.50 bits per heavy atom. The second kappa shape index (κ2) is 4.35. The Labute approximate surface area is 49.7 Å². The third-order valence-corrected chi connectivity index (χ3v) is 0.660. The van der Waals surface area contributed by atoms with Gasteiger partial charge in [0.1, 0.15) is 5.94 Å². The first kappa shape index (κ1) is 7.19. The Balaban J connectivity index is 3.49. The second-order valence-corrected chi connectivity index (χ2v) is 1.91. The Morgan fingerprint density at radius 1 is 1.50 bits per heavy atom. The van der Waals surface area contributed by atoms with Crippen LogP contribution in [0, 0.1) is 5.92 Å². The maximum absolute atomic E-state index is 9.55. The molecule has 0 radical (unpaired) electrons. The van der Waals surface area contributed by atoms with E-state index in [1.165, 1.54) is 6.08 Å². The van der Waals surface area contributed by atoms with Crippen molar-refractivity contribution in [1.82, 2.24) is 0 Å². The Hall–Kier alpha value is -0.810. The summed E-state index contributed by atoms with van der Waals surface area (Å²) in [6, 6.07) is 0. The molecule has 1 nitrogen and oxygen atoms in total. The van der Waals surface area contributed by atoms with Crippen LogP contribution >= 0.6 is 0 Å².